The van der Waals surface area contributed by atoms with E-state index < -0.39 is 17.8 Å². The lowest BCUT2D eigenvalue weighted by Crippen LogP contribution is -2.27. The van der Waals surface area contributed by atoms with Crippen molar-refractivity contribution in [3.8, 4) is 11.4 Å². The maximum absolute atomic E-state index is 13.9. The molecule has 0 radical (unpaired) electrons. The second-order valence-corrected chi connectivity index (χ2v) is 9.16. The zero-order valence-electron chi connectivity index (χ0n) is 16.2. The van der Waals surface area contributed by atoms with E-state index in [4.69, 9.17) is 0 Å². The number of aryl methyl sites for hydroxylation is 1. The minimum Gasteiger partial charge on any atom is -0.300 e. The molecule has 1 aliphatic rings. The van der Waals surface area contributed by atoms with Crippen molar-refractivity contribution in [2.24, 2.45) is 13.0 Å². The van der Waals surface area contributed by atoms with Crippen molar-refractivity contribution < 1.29 is 13.6 Å². The number of benzene rings is 1. The van der Waals surface area contributed by atoms with E-state index in [-0.39, 0.29) is 25.2 Å². The summed E-state index contributed by atoms with van der Waals surface area (Å²) in [7, 11) is 1.67. The molecule has 1 aromatic carbocycles. The molecule has 158 valence electrons. The van der Waals surface area contributed by atoms with Crippen LogP contribution in [0.4, 0.5) is 13.9 Å². The first-order valence-electron chi connectivity index (χ1n) is 9.25. The zero-order valence-corrected chi connectivity index (χ0v) is 17.9. The summed E-state index contributed by atoms with van der Waals surface area (Å²) in [6.45, 7) is 0. The number of hydrogen-bond acceptors (Lipinski definition) is 8. The number of thioether (sulfide) groups is 1. The summed E-state index contributed by atoms with van der Waals surface area (Å²) in [5.41, 5.74) is 1.40. The highest BCUT2D eigenvalue weighted by Gasteiger charge is 2.45. The average Bonchev–Trinajstić information content (AvgIpc) is 3.43. The highest BCUT2D eigenvalue weighted by molar-refractivity contribution is 8.00. The second-order valence-electron chi connectivity index (χ2n) is 7.13. The molecular weight excluding hydrogens is 432 g/mol. The molecule has 1 aliphatic carbocycles. The molecule has 1 saturated carbocycles. The average molecular weight is 452 g/mol. The van der Waals surface area contributed by atoms with E-state index in [0.29, 0.717) is 16.5 Å². The van der Waals surface area contributed by atoms with E-state index in [9.17, 15) is 13.6 Å². The first-order valence-corrected chi connectivity index (χ1v) is 11.3. The van der Waals surface area contributed by atoms with Gasteiger partial charge in [-0.25, -0.2) is 8.78 Å². The van der Waals surface area contributed by atoms with Gasteiger partial charge in [0.25, 0.3) is 0 Å². The number of halogens is 2. The van der Waals surface area contributed by atoms with Gasteiger partial charge in [0, 0.05) is 18.4 Å². The predicted molar refractivity (Wildman–Crippen MR) is 110 cm³/mol. The van der Waals surface area contributed by atoms with E-state index in [1.54, 1.807) is 31.3 Å². The van der Waals surface area contributed by atoms with Gasteiger partial charge in [0.05, 0.1) is 13.0 Å². The zero-order chi connectivity index (χ0) is 21.3. The highest BCUT2D eigenvalue weighted by Crippen LogP contribution is 2.46. The number of alkyl halides is 2. The van der Waals surface area contributed by atoms with Gasteiger partial charge >= 0.3 is 0 Å². The quantitative estimate of drug-likeness (QED) is 0.452. The van der Waals surface area contributed by atoms with Gasteiger partial charge in [0.2, 0.25) is 22.8 Å². The standard InChI is InChI=1S/C18H19F2N7OS2/c1-27-25-14(22-26-27)11-5-3-10(4-6-11)13(12-7-8-18(19,20)9-12)15(28)21-16-23-24-17(29-2)30-16/h3-6,12-13H,7-9H2,1-2H3,(H,21,23,28). The molecule has 2 heterocycles. The molecule has 3 aromatic rings. The van der Waals surface area contributed by atoms with E-state index in [2.05, 4.69) is 30.9 Å². The van der Waals surface area contributed by atoms with Crippen LogP contribution in [-0.2, 0) is 11.8 Å². The Bertz CT molecular complexity index is 1040. The monoisotopic (exact) mass is 451 g/mol. The van der Waals surface area contributed by atoms with Gasteiger partial charge in [0.1, 0.15) is 0 Å². The van der Waals surface area contributed by atoms with E-state index in [1.165, 1.54) is 27.9 Å². The number of nitrogens with one attached hydrogen (secondary N) is 1. The van der Waals surface area contributed by atoms with Crippen molar-refractivity contribution in [1.82, 2.24) is 30.4 Å². The third kappa shape index (κ3) is 4.48. The second kappa shape index (κ2) is 8.34. The number of aromatic nitrogens is 6. The molecule has 1 fully saturated rings. The van der Waals surface area contributed by atoms with Crippen molar-refractivity contribution >= 4 is 34.1 Å². The number of rotatable bonds is 6. The van der Waals surface area contributed by atoms with Crippen LogP contribution in [0.3, 0.4) is 0 Å². The number of carbonyl (C=O) groups excluding carboxylic acids is 1. The van der Waals surface area contributed by atoms with Gasteiger partial charge in [-0.1, -0.05) is 47.4 Å². The van der Waals surface area contributed by atoms with E-state index >= 15 is 0 Å². The molecule has 8 nitrogen and oxygen atoms in total. The number of amides is 1. The van der Waals surface area contributed by atoms with E-state index in [1.807, 2.05) is 6.26 Å². The molecule has 0 spiro atoms. The van der Waals surface area contributed by atoms with Gasteiger partial charge in [-0.2, -0.15) is 4.80 Å². The summed E-state index contributed by atoms with van der Waals surface area (Å²) < 4.78 is 28.6. The summed E-state index contributed by atoms with van der Waals surface area (Å²) >= 11 is 2.68. The Morgan fingerprint density at radius 1 is 1.30 bits per heavy atom. The third-order valence-corrected chi connectivity index (χ3v) is 6.86. The molecule has 30 heavy (non-hydrogen) atoms. The van der Waals surface area contributed by atoms with Gasteiger partial charge in [0.15, 0.2) is 4.34 Å². The lowest BCUT2D eigenvalue weighted by molar-refractivity contribution is -0.118. The van der Waals surface area contributed by atoms with Gasteiger partial charge in [-0.15, -0.1) is 20.4 Å². The highest BCUT2D eigenvalue weighted by atomic mass is 32.2. The molecule has 12 heteroatoms. The van der Waals surface area contributed by atoms with Crippen LogP contribution in [0.25, 0.3) is 11.4 Å². The first-order chi connectivity index (χ1) is 14.3. The maximum Gasteiger partial charge on any atom is 0.248 e. The third-order valence-electron chi connectivity index (χ3n) is 5.04. The molecule has 0 bridgehead atoms. The minimum absolute atomic E-state index is 0.210. The molecule has 2 unspecified atom stereocenters. The Morgan fingerprint density at radius 3 is 2.63 bits per heavy atom. The Hall–Kier alpha value is -2.47. The number of anilines is 1. The Morgan fingerprint density at radius 2 is 2.07 bits per heavy atom. The minimum atomic E-state index is -2.75. The molecule has 0 aliphatic heterocycles. The van der Waals surface area contributed by atoms with Crippen molar-refractivity contribution in [2.75, 3.05) is 11.6 Å². The fourth-order valence-corrected chi connectivity index (χ4v) is 4.84. The smallest absolute Gasteiger partial charge is 0.248 e. The fourth-order valence-electron chi connectivity index (χ4n) is 3.67. The molecule has 4 rings (SSSR count). The molecule has 1 amide bonds. The van der Waals surface area contributed by atoms with Crippen LogP contribution in [0, 0.1) is 5.92 Å². The van der Waals surface area contributed by atoms with Crippen molar-refractivity contribution in [1.29, 1.82) is 0 Å². The van der Waals surface area contributed by atoms with Crippen LogP contribution in [0.2, 0.25) is 0 Å². The summed E-state index contributed by atoms with van der Waals surface area (Å²) in [5.74, 6) is -3.83. The Kier molecular flexibility index (Phi) is 5.78. The normalized spacial score (nSPS) is 19.0. The first kappa shape index (κ1) is 20.8. The predicted octanol–water partition coefficient (Wildman–Crippen LogP) is 3.61. The molecular formula is C18H19F2N7OS2. The topological polar surface area (TPSA) is 98.5 Å². The molecule has 2 aromatic heterocycles. The molecule has 2 atom stereocenters. The summed E-state index contributed by atoms with van der Waals surface area (Å²) in [4.78, 5) is 14.5. The lowest BCUT2D eigenvalue weighted by atomic mass is 9.83. The van der Waals surface area contributed by atoms with Crippen molar-refractivity contribution in [3.05, 3.63) is 29.8 Å². The number of hydrogen-bond donors (Lipinski definition) is 1. The molecule has 1 N–H and O–H groups in total. The number of nitrogens with zero attached hydrogens (tertiary/aromatic N) is 6. The summed E-state index contributed by atoms with van der Waals surface area (Å²) in [6.07, 6.45) is 1.62. The van der Waals surface area contributed by atoms with Crippen LogP contribution in [0.15, 0.2) is 28.6 Å². The summed E-state index contributed by atoms with van der Waals surface area (Å²) in [6, 6.07) is 7.08. The fraction of sp³-hybridized carbons (Fsp3) is 0.444. The number of carbonyl (C=O) groups is 1. The lowest BCUT2D eigenvalue weighted by Gasteiger charge is -2.23. The van der Waals surface area contributed by atoms with Gasteiger partial charge in [-0.05, 0) is 29.4 Å². The number of tetrazole rings is 1. The van der Waals surface area contributed by atoms with Crippen LogP contribution in [0.5, 0.6) is 0 Å². The molecule has 0 saturated heterocycles. The Labute approximate surface area is 179 Å². The van der Waals surface area contributed by atoms with E-state index in [0.717, 1.165) is 9.90 Å². The van der Waals surface area contributed by atoms with Crippen LogP contribution < -0.4 is 5.32 Å². The Balaban J connectivity index is 1.60. The van der Waals surface area contributed by atoms with Crippen LogP contribution >= 0.6 is 23.1 Å². The SMILES string of the molecule is CSc1nnc(NC(=O)C(c2ccc(-c3nnn(C)n3)cc2)C2CCC(F)(F)C2)s1. The maximum atomic E-state index is 13.9. The largest absolute Gasteiger partial charge is 0.300 e. The van der Waals surface area contributed by atoms with Crippen LogP contribution in [0.1, 0.15) is 30.7 Å². The van der Waals surface area contributed by atoms with Gasteiger partial charge in [-0.3, -0.25) is 10.1 Å². The summed E-state index contributed by atoms with van der Waals surface area (Å²) in [5, 5.41) is 23.0. The van der Waals surface area contributed by atoms with Gasteiger partial charge < -0.3 is 0 Å². The van der Waals surface area contributed by atoms with Crippen LogP contribution in [-0.4, -0.2) is 48.5 Å². The van der Waals surface area contributed by atoms with Crippen molar-refractivity contribution in [2.45, 2.75) is 35.4 Å². The van der Waals surface area contributed by atoms with Crippen molar-refractivity contribution in [3.63, 3.8) is 0 Å².